The van der Waals surface area contributed by atoms with Crippen molar-refractivity contribution in [3.63, 3.8) is 0 Å². The Morgan fingerprint density at radius 3 is 2.50 bits per heavy atom. The van der Waals surface area contributed by atoms with E-state index >= 15 is 0 Å². The summed E-state index contributed by atoms with van der Waals surface area (Å²) in [6.45, 7) is 6.31. The van der Waals surface area contributed by atoms with Gasteiger partial charge in [-0.05, 0) is 12.1 Å². The molecular formula is C18H20N2O2. The monoisotopic (exact) mass is 296 g/mol. The number of hydrogen-bond donors (Lipinski definition) is 0. The molecule has 0 spiro atoms. The third-order valence-corrected chi connectivity index (χ3v) is 3.99. The molecule has 1 aromatic carbocycles. The molecule has 4 nitrogen and oxygen atoms in total. The van der Waals surface area contributed by atoms with E-state index in [4.69, 9.17) is 4.74 Å². The van der Waals surface area contributed by atoms with Crippen molar-refractivity contribution in [3.05, 3.63) is 41.7 Å². The maximum absolute atomic E-state index is 12.0. The first-order chi connectivity index (χ1) is 10.3. The minimum Gasteiger partial charge on any atom is -0.464 e. The molecule has 22 heavy (non-hydrogen) atoms. The Morgan fingerprint density at radius 1 is 1.18 bits per heavy atom. The SMILES string of the molecule is COC(=O)c1cc2c3ccccc3n(C)c2c(C(C)(C)C)n1. The Balaban J connectivity index is 2.52. The van der Waals surface area contributed by atoms with Crippen molar-refractivity contribution in [3.8, 4) is 0 Å². The average molecular weight is 296 g/mol. The number of aromatic nitrogens is 2. The minimum atomic E-state index is -0.402. The van der Waals surface area contributed by atoms with Crippen LogP contribution in [0.25, 0.3) is 21.8 Å². The van der Waals surface area contributed by atoms with Crippen molar-refractivity contribution in [2.45, 2.75) is 26.2 Å². The molecule has 0 unspecified atom stereocenters. The summed E-state index contributed by atoms with van der Waals surface area (Å²) in [5, 5.41) is 2.16. The van der Waals surface area contributed by atoms with Gasteiger partial charge >= 0.3 is 5.97 Å². The van der Waals surface area contributed by atoms with Crippen LogP contribution in [0.2, 0.25) is 0 Å². The number of carbonyl (C=O) groups is 1. The minimum absolute atomic E-state index is 0.176. The maximum atomic E-state index is 12.0. The van der Waals surface area contributed by atoms with Crippen molar-refractivity contribution in [1.29, 1.82) is 0 Å². The summed E-state index contributed by atoms with van der Waals surface area (Å²) < 4.78 is 7.02. The van der Waals surface area contributed by atoms with Gasteiger partial charge < -0.3 is 9.30 Å². The Kier molecular flexibility index (Phi) is 3.20. The van der Waals surface area contributed by atoms with E-state index < -0.39 is 5.97 Å². The summed E-state index contributed by atoms with van der Waals surface area (Å²) in [4.78, 5) is 16.6. The lowest BCUT2D eigenvalue weighted by Crippen LogP contribution is -2.18. The van der Waals surface area contributed by atoms with Crippen LogP contribution in [0.4, 0.5) is 0 Å². The first-order valence-electron chi connectivity index (χ1n) is 7.31. The van der Waals surface area contributed by atoms with E-state index in [1.165, 1.54) is 7.11 Å². The number of ether oxygens (including phenoxy) is 1. The summed E-state index contributed by atoms with van der Waals surface area (Å²) in [7, 11) is 3.42. The van der Waals surface area contributed by atoms with E-state index in [0.29, 0.717) is 5.69 Å². The molecule has 0 aliphatic heterocycles. The quantitative estimate of drug-likeness (QED) is 0.641. The van der Waals surface area contributed by atoms with E-state index in [-0.39, 0.29) is 5.41 Å². The predicted molar refractivity (Wildman–Crippen MR) is 88.3 cm³/mol. The summed E-state index contributed by atoms with van der Waals surface area (Å²) in [5.74, 6) is -0.402. The third kappa shape index (κ3) is 2.06. The fourth-order valence-corrected chi connectivity index (χ4v) is 2.93. The van der Waals surface area contributed by atoms with Gasteiger partial charge in [-0.15, -0.1) is 0 Å². The number of methoxy groups -OCH3 is 1. The Bertz CT molecular complexity index is 885. The molecule has 0 amide bonds. The zero-order valence-electron chi connectivity index (χ0n) is 13.6. The van der Waals surface area contributed by atoms with Crippen molar-refractivity contribution in [2.24, 2.45) is 7.05 Å². The number of fused-ring (bicyclic) bond motifs is 3. The fourth-order valence-electron chi connectivity index (χ4n) is 2.93. The Hall–Kier alpha value is -2.36. The molecule has 0 aliphatic rings. The third-order valence-electron chi connectivity index (χ3n) is 3.99. The van der Waals surface area contributed by atoms with E-state index in [2.05, 4.69) is 42.5 Å². The van der Waals surface area contributed by atoms with Gasteiger partial charge in [0.05, 0.1) is 18.3 Å². The van der Waals surface area contributed by atoms with Crippen LogP contribution >= 0.6 is 0 Å². The molecule has 0 N–H and O–H groups in total. The van der Waals surface area contributed by atoms with Crippen LogP contribution in [0, 0.1) is 0 Å². The van der Waals surface area contributed by atoms with Crippen LogP contribution in [0.15, 0.2) is 30.3 Å². The highest BCUT2D eigenvalue weighted by Gasteiger charge is 2.25. The molecule has 0 bridgehead atoms. The summed E-state index contributed by atoms with van der Waals surface area (Å²) >= 11 is 0. The van der Waals surface area contributed by atoms with Crippen LogP contribution < -0.4 is 0 Å². The number of aryl methyl sites for hydroxylation is 1. The summed E-state index contributed by atoms with van der Waals surface area (Å²) in [6, 6.07) is 10.0. The van der Waals surface area contributed by atoms with E-state index in [0.717, 1.165) is 27.5 Å². The van der Waals surface area contributed by atoms with Gasteiger partial charge in [-0.2, -0.15) is 0 Å². The lowest BCUT2D eigenvalue weighted by Gasteiger charge is -2.20. The van der Waals surface area contributed by atoms with Crippen molar-refractivity contribution in [2.75, 3.05) is 7.11 Å². The number of pyridine rings is 1. The molecule has 0 saturated heterocycles. The molecule has 3 aromatic rings. The van der Waals surface area contributed by atoms with Gasteiger partial charge in [-0.25, -0.2) is 9.78 Å². The van der Waals surface area contributed by atoms with Gasteiger partial charge in [-0.1, -0.05) is 39.0 Å². The van der Waals surface area contributed by atoms with E-state index in [9.17, 15) is 4.79 Å². The second-order valence-electron chi connectivity index (χ2n) is 6.57. The number of carbonyl (C=O) groups excluding carboxylic acids is 1. The lowest BCUT2D eigenvalue weighted by molar-refractivity contribution is 0.0594. The highest BCUT2D eigenvalue weighted by atomic mass is 16.5. The molecule has 0 fully saturated rings. The molecular weight excluding hydrogens is 276 g/mol. The van der Waals surface area contributed by atoms with Crippen LogP contribution in [0.3, 0.4) is 0 Å². The summed E-state index contributed by atoms with van der Waals surface area (Å²) in [6.07, 6.45) is 0. The fraction of sp³-hybridized carbons (Fsp3) is 0.333. The van der Waals surface area contributed by atoms with Gasteiger partial charge in [0, 0.05) is 28.8 Å². The zero-order chi connectivity index (χ0) is 16.1. The number of benzene rings is 1. The average Bonchev–Trinajstić information content (AvgIpc) is 2.78. The predicted octanol–water partition coefficient (Wildman–Crippen LogP) is 3.81. The van der Waals surface area contributed by atoms with Crippen molar-refractivity contribution < 1.29 is 9.53 Å². The highest BCUT2D eigenvalue weighted by molar-refractivity contribution is 6.10. The van der Waals surface area contributed by atoms with Gasteiger partial charge in [0.2, 0.25) is 0 Å². The van der Waals surface area contributed by atoms with E-state index in [1.54, 1.807) is 0 Å². The number of esters is 1. The van der Waals surface area contributed by atoms with E-state index in [1.807, 2.05) is 25.2 Å². The standard InChI is InChI=1S/C18H20N2O2/c1-18(2,3)16-15-12(10-13(19-16)17(21)22-5)11-8-6-7-9-14(11)20(15)4/h6-10H,1-5H3. The zero-order valence-corrected chi connectivity index (χ0v) is 13.6. The van der Waals surface area contributed by atoms with Crippen LogP contribution in [-0.4, -0.2) is 22.6 Å². The van der Waals surface area contributed by atoms with Gasteiger partial charge in [0.15, 0.2) is 0 Å². The Morgan fingerprint density at radius 2 is 1.86 bits per heavy atom. The van der Waals surface area contributed by atoms with Crippen LogP contribution in [-0.2, 0) is 17.2 Å². The second kappa shape index (κ2) is 4.83. The molecule has 0 radical (unpaired) electrons. The van der Waals surface area contributed by atoms with Crippen molar-refractivity contribution in [1.82, 2.24) is 9.55 Å². The lowest BCUT2D eigenvalue weighted by atomic mass is 9.90. The molecule has 2 heterocycles. The molecule has 2 aromatic heterocycles. The first-order valence-corrected chi connectivity index (χ1v) is 7.31. The maximum Gasteiger partial charge on any atom is 0.356 e. The number of rotatable bonds is 1. The van der Waals surface area contributed by atoms with Crippen LogP contribution in [0.5, 0.6) is 0 Å². The smallest absolute Gasteiger partial charge is 0.356 e. The van der Waals surface area contributed by atoms with Crippen LogP contribution in [0.1, 0.15) is 37.0 Å². The normalized spacial score (nSPS) is 12.0. The van der Waals surface area contributed by atoms with Crippen molar-refractivity contribution >= 4 is 27.8 Å². The highest BCUT2D eigenvalue weighted by Crippen LogP contribution is 2.35. The first kappa shape index (κ1) is 14.6. The van der Waals surface area contributed by atoms with Gasteiger partial charge in [-0.3, -0.25) is 0 Å². The van der Waals surface area contributed by atoms with Gasteiger partial charge in [0.1, 0.15) is 5.69 Å². The molecule has 3 rings (SSSR count). The number of nitrogens with zero attached hydrogens (tertiary/aromatic N) is 2. The number of para-hydroxylation sites is 1. The molecule has 0 saturated carbocycles. The molecule has 114 valence electrons. The molecule has 0 atom stereocenters. The largest absolute Gasteiger partial charge is 0.464 e. The second-order valence-corrected chi connectivity index (χ2v) is 6.57. The topological polar surface area (TPSA) is 44.1 Å². The summed E-state index contributed by atoms with van der Waals surface area (Å²) in [5.41, 5.74) is 3.29. The number of hydrogen-bond acceptors (Lipinski definition) is 3. The Labute approximate surface area is 129 Å². The van der Waals surface area contributed by atoms with Gasteiger partial charge in [0.25, 0.3) is 0 Å². The molecule has 0 aliphatic carbocycles. The molecule has 4 heteroatoms.